The third-order valence-corrected chi connectivity index (χ3v) is 5.10. The maximum atomic E-state index is 12.3. The molecule has 0 radical (unpaired) electrons. The van der Waals surface area contributed by atoms with Crippen molar-refractivity contribution in [3.8, 4) is 5.75 Å². The van der Waals surface area contributed by atoms with Crippen LogP contribution in [-0.2, 0) is 22.4 Å². The fourth-order valence-corrected chi connectivity index (χ4v) is 3.49. The molecule has 0 atom stereocenters. The van der Waals surface area contributed by atoms with Crippen LogP contribution < -0.4 is 5.32 Å². The fourth-order valence-electron chi connectivity index (χ4n) is 3.49. The van der Waals surface area contributed by atoms with Gasteiger partial charge in [-0.2, -0.15) is 0 Å². The van der Waals surface area contributed by atoms with E-state index in [0.29, 0.717) is 32.0 Å². The van der Waals surface area contributed by atoms with Crippen LogP contribution in [0.1, 0.15) is 24.0 Å². The molecule has 1 saturated heterocycles. The van der Waals surface area contributed by atoms with Crippen LogP contribution in [0.25, 0.3) is 0 Å². The Morgan fingerprint density at radius 3 is 2.30 bits per heavy atom. The molecule has 1 heterocycles. The number of phenols is 1. The Morgan fingerprint density at radius 1 is 0.963 bits per heavy atom. The molecule has 27 heavy (non-hydrogen) atoms. The Balaban J connectivity index is 1.39. The molecular weight excluding hydrogens is 340 g/mol. The van der Waals surface area contributed by atoms with Gasteiger partial charge in [0.1, 0.15) is 5.75 Å². The van der Waals surface area contributed by atoms with Gasteiger partial charge in [-0.25, -0.2) is 0 Å². The molecule has 0 saturated carbocycles. The molecule has 1 aliphatic heterocycles. The average molecular weight is 366 g/mol. The highest BCUT2D eigenvalue weighted by Crippen LogP contribution is 2.21. The van der Waals surface area contributed by atoms with Crippen LogP contribution >= 0.6 is 0 Å². The molecule has 0 bridgehead atoms. The summed E-state index contributed by atoms with van der Waals surface area (Å²) in [6.45, 7) is 1.68. The summed E-state index contributed by atoms with van der Waals surface area (Å²) in [6.07, 6.45) is 3.52. The molecular formula is C22H26N2O3. The van der Waals surface area contributed by atoms with E-state index in [4.69, 9.17) is 0 Å². The summed E-state index contributed by atoms with van der Waals surface area (Å²) in [4.78, 5) is 26.1. The molecule has 1 aliphatic rings. The predicted molar refractivity (Wildman–Crippen MR) is 104 cm³/mol. The Labute approximate surface area is 160 Å². The molecule has 142 valence electrons. The van der Waals surface area contributed by atoms with Crippen molar-refractivity contribution in [1.82, 2.24) is 10.2 Å². The molecule has 0 aromatic heterocycles. The number of nitrogens with zero attached hydrogens (tertiary/aromatic N) is 1. The van der Waals surface area contributed by atoms with Crippen LogP contribution in [0.3, 0.4) is 0 Å². The number of hydrogen-bond donors (Lipinski definition) is 2. The van der Waals surface area contributed by atoms with Crippen LogP contribution in [-0.4, -0.2) is 41.5 Å². The number of benzene rings is 2. The highest BCUT2D eigenvalue weighted by molar-refractivity contribution is 6.35. The molecule has 0 spiro atoms. The highest BCUT2D eigenvalue weighted by atomic mass is 16.3. The van der Waals surface area contributed by atoms with Crippen molar-refractivity contribution in [3.63, 3.8) is 0 Å². The summed E-state index contributed by atoms with van der Waals surface area (Å²) in [6, 6.07) is 17.2. The van der Waals surface area contributed by atoms with E-state index in [1.165, 1.54) is 5.56 Å². The predicted octanol–water partition coefficient (Wildman–Crippen LogP) is 2.53. The first kappa shape index (κ1) is 19.0. The van der Waals surface area contributed by atoms with E-state index < -0.39 is 11.8 Å². The number of carbonyl (C=O) groups excluding carboxylic acids is 2. The number of piperidine rings is 1. The largest absolute Gasteiger partial charge is 0.508 e. The quantitative estimate of drug-likeness (QED) is 0.799. The van der Waals surface area contributed by atoms with Crippen molar-refractivity contribution >= 4 is 11.8 Å². The van der Waals surface area contributed by atoms with Gasteiger partial charge in [0.25, 0.3) is 0 Å². The van der Waals surface area contributed by atoms with Gasteiger partial charge in [-0.1, -0.05) is 42.5 Å². The normalized spacial score (nSPS) is 14.7. The number of rotatable bonds is 5. The second-order valence-electron chi connectivity index (χ2n) is 7.10. The summed E-state index contributed by atoms with van der Waals surface area (Å²) >= 11 is 0. The van der Waals surface area contributed by atoms with Gasteiger partial charge in [-0.15, -0.1) is 0 Å². The fraction of sp³-hybridized carbons (Fsp3) is 0.364. The molecule has 5 heteroatoms. The molecule has 5 nitrogen and oxygen atoms in total. The molecule has 2 aromatic rings. The third-order valence-electron chi connectivity index (χ3n) is 5.10. The molecule has 2 N–H and O–H groups in total. The van der Waals surface area contributed by atoms with E-state index >= 15 is 0 Å². The topological polar surface area (TPSA) is 69.6 Å². The molecule has 0 unspecified atom stereocenters. The first-order valence-corrected chi connectivity index (χ1v) is 9.51. The minimum atomic E-state index is -0.532. The number of nitrogens with one attached hydrogen (secondary N) is 1. The van der Waals surface area contributed by atoms with Gasteiger partial charge in [-0.05, 0) is 54.9 Å². The summed E-state index contributed by atoms with van der Waals surface area (Å²) in [5.74, 6) is -0.184. The smallest absolute Gasteiger partial charge is 0.311 e. The van der Waals surface area contributed by atoms with Crippen LogP contribution in [0.2, 0.25) is 0 Å². The van der Waals surface area contributed by atoms with Crippen molar-refractivity contribution in [3.05, 3.63) is 65.7 Å². The zero-order valence-electron chi connectivity index (χ0n) is 15.4. The third kappa shape index (κ3) is 5.58. The number of carbonyl (C=O) groups is 2. The second-order valence-corrected chi connectivity index (χ2v) is 7.10. The van der Waals surface area contributed by atoms with Crippen molar-refractivity contribution < 1.29 is 14.7 Å². The Kier molecular flexibility index (Phi) is 6.47. The van der Waals surface area contributed by atoms with Gasteiger partial charge in [0.2, 0.25) is 0 Å². The number of amides is 2. The molecule has 3 rings (SSSR count). The summed E-state index contributed by atoms with van der Waals surface area (Å²) in [5, 5.41) is 12.0. The van der Waals surface area contributed by atoms with Gasteiger partial charge < -0.3 is 15.3 Å². The maximum Gasteiger partial charge on any atom is 0.311 e. The number of hydrogen-bond acceptors (Lipinski definition) is 3. The van der Waals surface area contributed by atoms with E-state index in [0.717, 1.165) is 24.8 Å². The van der Waals surface area contributed by atoms with Gasteiger partial charge >= 0.3 is 11.8 Å². The number of aromatic hydroxyl groups is 1. The van der Waals surface area contributed by atoms with Gasteiger partial charge in [0.05, 0.1) is 0 Å². The van der Waals surface area contributed by atoms with E-state index in [1.54, 1.807) is 29.2 Å². The second kappa shape index (κ2) is 9.21. The summed E-state index contributed by atoms with van der Waals surface area (Å²) in [5.41, 5.74) is 2.33. The molecule has 2 aromatic carbocycles. The molecule has 2 amide bonds. The summed E-state index contributed by atoms with van der Waals surface area (Å²) in [7, 11) is 0. The number of likely N-dealkylation sites (tertiary alicyclic amines) is 1. The SMILES string of the molecule is O=C(NCCc1ccc(O)cc1)C(=O)N1CCC(Cc2ccccc2)CC1. The van der Waals surface area contributed by atoms with Gasteiger partial charge in [0, 0.05) is 19.6 Å². The van der Waals surface area contributed by atoms with Crippen molar-refractivity contribution in [2.45, 2.75) is 25.7 Å². The van der Waals surface area contributed by atoms with Crippen molar-refractivity contribution in [2.24, 2.45) is 5.92 Å². The first-order chi connectivity index (χ1) is 13.1. The van der Waals surface area contributed by atoms with Gasteiger partial charge in [0.15, 0.2) is 0 Å². The Morgan fingerprint density at radius 2 is 1.63 bits per heavy atom. The molecule has 0 aliphatic carbocycles. The van der Waals surface area contributed by atoms with Gasteiger partial charge in [-0.3, -0.25) is 9.59 Å². The van der Waals surface area contributed by atoms with E-state index in [1.807, 2.05) is 6.07 Å². The first-order valence-electron chi connectivity index (χ1n) is 9.51. The Hall–Kier alpha value is -2.82. The number of phenolic OH excluding ortho intramolecular Hbond substituents is 1. The van der Waals surface area contributed by atoms with Crippen LogP contribution in [0.15, 0.2) is 54.6 Å². The summed E-state index contributed by atoms with van der Waals surface area (Å²) < 4.78 is 0. The zero-order chi connectivity index (χ0) is 19.1. The lowest BCUT2D eigenvalue weighted by Crippen LogP contribution is -2.47. The minimum Gasteiger partial charge on any atom is -0.508 e. The lowest BCUT2D eigenvalue weighted by Gasteiger charge is -2.31. The highest BCUT2D eigenvalue weighted by Gasteiger charge is 2.26. The monoisotopic (exact) mass is 366 g/mol. The van der Waals surface area contributed by atoms with Crippen LogP contribution in [0.5, 0.6) is 5.75 Å². The average Bonchev–Trinajstić information content (AvgIpc) is 2.70. The lowest BCUT2D eigenvalue weighted by atomic mass is 9.90. The zero-order valence-corrected chi connectivity index (χ0v) is 15.4. The van der Waals surface area contributed by atoms with Crippen LogP contribution in [0, 0.1) is 5.92 Å². The maximum absolute atomic E-state index is 12.3. The van der Waals surface area contributed by atoms with E-state index in [9.17, 15) is 14.7 Å². The van der Waals surface area contributed by atoms with E-state index in [2.05, 4.69) is 29.6 Å². The van der Waals surface area contributed by atoms with Crippen molar-refractivity contribution in [2.75, 3.05) is 19.6 Å². The minimum absolute atomic E-state index is 0.216. The Bertz CT molecular complexity index is 751. The standard InChI is InChI=1S/C22H26N2O3/c25-20-8-6-17(7-9-20)10-13-23-21(26)22(27)24-14-11-19(12-15-24)16-18-4-2-1-3-5-18/h1-9,19,25H,10-16H2,(H,23,26). The van der Waals surface area contributed by atoms with E-state index in [-0.39, 0.29) is 5.75 Å². The van der Waals surface area contributed by atoms with Crippen LogP contribution in [0.4, 0.5) is 0 Å². The molecule has 1 fully saturated rings. The lowest BCUT2D eigenvalue weighted by molar-refractivity contribution is -0.146. The van der Waals surface area contributed by atoms with Crippen molar-refractivity contribution in [1.29, 1.82) is 0 Å².